The van der Waals surface area contributed by atoms with Gasteiger partial charge in [-0.15, -0.1) is 0 Å². The van der Waals surface area contributed by atoms with Gasteiger partial charge in [0.1, 0.15) is 5.82 Å². The second-order valence-electron chi connectivity index (χ2n) is 11.5. The van der Waals surface area contributed by atoms with E-state index in [2.05, 4.69) is 18.2 Å². The van der Waals surface area contributed by atoms with Crippen LogP contribution in [0.4, 0.5) is 4.39 Å². The zero-order valence-electron chi connectivity index (χ0n) is 25.4. The average Bonchev–Trinajstić information content (AvgIpc) is 3.60. The highest BCUT2D eigenvalue weighted by molar-refractivity contribution is 7.07. The van der Waals surface area contributed by atoms with Crippen molar-refractivity contribution < 1.29 is 13.9 Å². The summed E-state index contributed by atoms with van der Waals surface area (Å²) < 4.78 is 30.3. The fourth-order valence-electron chi connectivity index (χ4n) is 6.82. The molecule has 3 heterocycles. The number of benzene rings is 4. The molecule has 8 heteroatoms. The Bertz CT molecular complexity index is 2380. The lowest BCUT2D eigenvalue weighted by molar-refractivity contribution is 0.354. The standard InChI is InChI=1S/C38H30FN3O3S/c1-44-32-18-16-24(19-33(32)45-2)36-29-17-15-23-9-3-5-12-28(23)35(29)40-38-42(36)37(43)34(46-38)20-26-22-41(31-14-8-6-11-27(26)31)21-25-10-4-7-13-30(25)39/h3-14,16,18-20,22,36H,15,17,21H2,1-2H3/b34-20-/t36-/m0/s1. The van der Waals surface area contributed by atoms with E-state index < -0.39 is 0 Å². The minimum atomic E-state index is -0.344. The third kappa shape index (κ3) is 4.60. The van der Waals surface area contributed by atoms with Crippen molar-refractivity contribution in [1.29, 1.82) is 0 Å². The highest BCUT2D eigenvalue weighted by Gasteiger charge is 2.33. The Morgan fingerprint density at radius 1 is 0.935 bits per heavy atom. The molecule has 0 saturated heterocycles. The van der Waals surface area contributed by atoms with Gasteiger partial charge in [0.2, 0.25) is 0 Å². The Morgan fingerprint density at radius 2 is 1.72 bits per heavy atom. The van der Waals surface area contributed by atoms with E-state index in [1.165, 1.54) is 23.0 Å². The van der Waals surface area contributed by atoms with Gasteiger partial charge < -0.3 is 14.0 Å². The molecular formula is C38H30FN3O3S. The van der Waals surface area contributed by atoms with Gasteiger partial charge in [-0.25, -0.2) is 9.38 Å². The third-order valence-corrected chi connectivity index (χ3v) is 9.98. The summed E-state index contributed by atoms with van der Waals surface area (Å²) in [6, 6.07) is 28.8. The molecule has 1 atom stereocenters. The van der Waals surface area contributed by atoms with Gasteiger partial charge in [0.15, 0.2) is 16.3 Å². The number of hydrogen-bond acceptors (Lipinski definition) is 5. The Kier molecular flexibility index (Phi) is 6.95. The zero-order chi connectivity index (χ0) is 31.4. The van der Waals surface area contributed by atoms with Crippen molar-refractivity contribution in [3.05, 3.63) is 156 Å². The lowest BCUT2D eigenvalue weighted by Crippen LogP contribution is -2.38. The molecule has 0 bridgehead atoms. The summed E-state index contributed by atoms with van der Waals surface area (Å²) in [6.07, 6.45) is 5.62. The first-order chi connectivity index (χ1) is 22.5. The van der Waals surface area contributed by atoms with Crippen molar-refractivity contribution in [3.8, 4) is 11.5 Å². The van der Waals surface area contributed by atoms with E-state index in [0.717, 1.165) is 51.7 Å². The number of hydrogen-bond donors (Lipinski definition) is 0. The van der Waals surface area contributed by atoms with Gasteiger partial charge in [-0.1, -0.05) is 78.1 Å². The number of aromatic nitrogens is 2. The first kappa shape index (κ1) is 28.3. The first-order valence-corrected chi connectivity index (χ1v) is 16.0. The molecule has 0 unspecified atom stereocenters. The van der Waals surface area contributed by atoms with Gasteiger partial charge in [0.05, 0.1) is 37.0 Å². The van der Waals surface area contributed by atoms with Gasteiger partial charge >= 0.3 is 0 Å². The number of ether oxygens (including phenoxy) is 2. The maximum Gasteiger partial charge on any atom is 0.271 e. The fourth-order valence-corrected chi connectivity index (χ4v) is 7.81. The van der Waals surface area contributed by atoms with Crippen LogP contribution in [0.3, 0.4) is 0 Å². The van der Waals surface area contributed by atoms with Crippen LogP contribution in [0.1, 0.15) is 40.3 Å². The van der Waals surface area contributed by atoms with Gasteiger partial charge in [-0.3, -0.25) is 9.36 Å². The van der Waals surface area contributed by atoms with E-state index >= 15 is 0 Å². The second kappa shape index (κ2) is 11.3. The predicted molar refractivity (Wildman–Crippen MR) is 180 cm³/mol. The molecule has 4 aromatic carbocycles. The summed E-state index contributed by atoms with van der Waals surface area (Å²) in [7, 11) is 3.24. The number of nitrogens with zero attached hydrogens (tertiary/aromatic N) is 3. The SMILES string of the molecule is COc1ccc([C@H]2C3=C(N=c4s/c(=C\c5cn(Cc6ccccc6F)c6ccccc56)c(=O)n42)c2ccccc2CC3)cc1OC. The van der Waals surface area contributed by atoms with Gasteiger partial charge in [0, 0.05) is 33.8 Å². The van der Waals surface area contributed by atoms with E-state index in [0.29, 0.717) is 32.9 Å². The molecule has 0 radical (unpaired) electrons. The molecule has 46 heavy (non-hydrogen) atoms. The van der Waals surface area contributed by atoms with Crippen LogP contribution in [0.25, 0.3) is 22.7 Å². The van der Waals surface area contributed by atoms with E-state index in [4.69, 9.17) is 14.5 Å². The van der Waals surface area contributed by atoms with Gasteiger partial charge in [-0.2, -0.15) is 0 Å². The molecule has 1 aliphatic heterocycles. The Hall–Kier alpha value is -5.21. The molecule has 0 saturated carbocycles. The van der Waals surface area contributed by atoms with E-state index in [-0.39, 0.29) is 17.4 Å². The molecule has 0 spiro atoms. The van der Waals surface area contributed by atoms with E-state index in [9.17, 15) is 9.18 Å². The van der Waals surface area contributed by atoms with Crippen LogP contribution in [0, 0.1) is 5.82 Å². The van der Waals surface area contributed by atoms with Crippen LogP contribution in [0.15, 0.2) is 113 Å². The van der Waals surface area contributed by atoms with Crippen LogP contribution in [0.2, 0.25) is 0 Å². The summed E-state index contributed by atoms with van der Waals surface area (Å²) in [5.74, 6) is 1.00. The number of aryl methyl sites for hydroxylation is 1. The molecule has 0 N–H and O–H groups in total. The third-order valence-electron chi connectivity index (χ3n) is 9.00. The van der Waals surface area contributed by atoms with Crippen LogP contribution < -0.4 is 24.4 Å². The maximum absolute atomic E-state index is 14.6. The van der Waals surface area contributed by atoms with Crippen molar-refractivity contribution in [2.24, 2.45) is 4.99 Å². The molecule has 2 aromatic heterocycles. The maximum atomic E-state index is 14.6. The van der Waals surface area contributed by atoms with Gasteiger partial charge in [-0.05, 0) is 59.9 Å². The topological polar surface area (TPSA) is 57.8 Å². The number of para-hydroxylation sites is 1. The molecule has 0 amide bonds. The first-order valence-electron chi connectivity index (χ1n) is 15.2. The molecular weight excluding hydrogens is 598 g/mol. The normalized spacial score (nSPS) is 15.7. The molecule has 228 valence electrons. The molecule has 6 nitrogen and oxygen atoms in total. The molecule has 0 fully saturated rings. The van der Waals surface area contributed by atoms with Crippen LogP contribution in [-0.2, 0) is 13.0 Å². The lowest BCUT2D eigenvalue weighted by atomic mass is 9.83. The number of thiazole rings is 1. The van der Waals surface area contributed by atoms with Crippen molar-refractivity contribution >= 4 is 34.0 Å². The summed E-state index contributed by atoms with van der Waals surface area (Å²) in [4.78, 5) is 20.2. The minimum absolute atomic E-state index is 0.0973. The highest BCUT2D eigenvalue weighted by Crippen LogP contribution is 2.42. The van der Waals surface area contributed by atoms with Crippen molar-refractivity contribution in [2.75, 3.05) is 14.2 Å². The summed E-state index contributed by atoms with van der Waals surface area (Å²) in [5.41, 5.74) is 7.75. The molecule has 1 aliphatic carbocycles. The quantitative estimate of drug-likeness (QED) is 0.213. The van der Waals surface area contributed by atoms with Crippen LogP contribution >= 0.6 is 11.3 Å². The van der Waals surface area contributed by atoms with Crippen molar-refractivity contribution in [3.63, 3.8) is 0 Å². The number of allylic oxidation sites excluding steroid dienone is 1. The predicted octanol–water partition coefficient (Wildman–Crippen LogP) is 6.48. The van der Waals surface area contributed by atoms with Crippen molar-refractivity contribution in [2.45, 2.75) is 25.4 Å². The summed E-state index contributed by atoms with van der Waals surface area (Å²) in [5, 5.41) is 0.995. The number of halogens is 1. The minimum Gasteiger partial charge on any atom is -0.493 e. The van der Waals surface area contributed by atoms with Crippen LogP contribution in [0.5, 0.6) is 11.5 Å². The van der Waals surface area contributed by atoms with Gasteiger partial charge in [0.25, 0.3) is 5.56 Å². The summed E-state index contributed by atoms with van der Waals surface area (Å²) in [6.45, 7) is 0.383. The van der Waals surface area contributed by atoms with Crippen molar-refractivity contribution in [1.82, 2.24) is 9.13 Å². The average molecular weight is 628 g/mol. The second-order valence-corrected chi connectivity index (χ2v) is 12.6. The van der Waals surface area contributed by atoms with E-state index in [1.54, 1.807) is 26.4 Å². The van der Waals surface area contributed by atoms with Crippen LogP contribution in [-0.4, -0.2) is 23.4 Å². The zero-order valence-corrected chi connectivity index (χ0v) is 26.2. The lowest BCUT2D eigenvalue weighted by Gasteiger charge is -2.31. The Balaban J connectivity index is 1.33. The number of rotatable bonds is 6. The molecule has 2 aliphatic rings. The highest BCUT2D eigenvalue weighted by atomic mass is 32.1. The fraction of sp³-hybridized carbons (Fsp3) is 0.158. The molecule has 6 aromatic rings. The largest absolute Gasteiger partial charge is 0.493 e. The Morgan fingerprint density at radius 3 is 2.57 bits per heavy atom. The van der Waals surface area contributed by atoms with E-state index in [1.807, 2.05) is 76.0 Å². The summed E-state index contributed by atoms with van der Waals surface area (Å²) >= 11 is 1.40. The number of fused-ring (bicyclic) bond motifs is 4. The number of methoxy groups -OCH3 is 2. The monoisotopic (exact) mass is 627 g/mol. The Labute approximate surface area is 268 Å². The smallest absolute Gasteiger partial charge is 0.271 e. The molecule has 8 rings (SSSR count).